The van der Waals surface area contributed by atoms with Crippen molar-refractivity contribution in [1.29, 1.82) is 0 Å². The van der Waals surface area contributed by atoms with Crippen LogP contribution < -0.4 is 5.32 Å². The lowest BCUT2D eigenvalue weighted by Crippen LogP contribution is -2.39. The van der Waals surface area contributed by atoms with Crippen LogP contribution in [-0.4, -0.2) is 41.1 Å². The van der Waals surface area contributed by atoms with Crippen LogP contribution in [0.15, 0.2) is 17.2 Å². The van der Waals surface area contributed by atoms with Gasteiger partial charge in [-0.15, -0.1) is 0 Å². The van der Waals surface area contributed by atoms with E-state index in [-0.39, 0.29) is 22.5 Å². The molecule has 19 heavy (non-hydrogen) atoms. The van der Waals surface area contributed by atoms with Gasteiger partial charge in [0.1, 0.15) is 10.6 Å². The van der Waals surface area contributed by atoms with Gasteiger partial charge in [-0.25, -0.2) is 8.42 Å². The van der Waals surface area contributed by atoms with Gasteiger partial charge in [-0.1, -0.05) is 0 Å². The van der Waals surface area contributed by atoms with Crippen molar-refractivity contribution < 1.29 is 17.4 Å². The molecule has 106 valence electrons. The Bertz CT molecular complexity index is 601. The van der Waals surface area contributed by atoms with Crippen molar-refractivity contribution in [3.8, 4) is 0 Å². The molecule has 0 aromatic carbocycles. The van der Waals surface area contributed by atoms with E-state index in [4.69, 9.17) is 10.7 Å². The Morgan fingerprint density at radius 1 is 1.42 bits per heavy atom. The maximum absolute atomic E-state index is 11.9. The molecule has 0 saturated carbocycles. The first-order chi connectivity index (χ1) is 8.86. The smallest absolute Gasteiger partial charge is 0.267 e. The molecule has 1 amide bonds. The van der Waals surface area contributed by atoms with Crippen molar-refractivity contribution in [3.05, 3.63) is 18.0 Å². The highest BCUT2D eigenvalue weighted by atomic mass is 35.7. The minimum absolute atomic E-state index is 0.0236. The number of aromatic nitrogens is 1. The predicted octanol–water partition coefficient (Wildman–Crippen LogP) is 0.583. The molecule has 0 bridgehead atoms. The van der Waals surface area contributed by atoms with E-state index in [2.05, 4.69) is 10.3 Å². The molecule has 1 aromatic heterocycles. The van der Waals surface area contributed by atoms with Gasteiger partial charge in [-0.3, -0.25) is 9.00 Å². The molecule has 0 atom stereocenters. The number of amides is 1. The zero-order valence-corrected chi connectivity index (χ0v) is 12.3. The zero-order valence-electron chi connectivity index (χ0n) is 9.89. The number of hydrogen-bond donors (Lipinski definition) is 2. The highest BCUT2D eigenvalue weighted by Crippen LogP contribution is 2.16. The zero-order chi connectivity index (χ0) is 14.0. The summed E-state index contributed by atoms with van der Waals surface area (Å²) in [5, 5.41) is 2.78. The second-order valence-corrected chi connectivity index (χ2v) is 8.54. The van der Waals surface area contributed by atoms with Crippen molar-refractivity contribution in [2.45, 2.75) is 23.8 Å². The van der Waals surface area contributed by atoms with Crippen molar-refractivity contribution in [1.82, 2.24) is 10.3 Å². The van der Waals surface area contributed by atoms with Crippen LogP contribution in [0.5, 0.6) is 0 Å². The summed E-state index contributed by atoms with van der Waals surface area (Å²) >= 11 is 0. The van der Waals surface area contributed by atoms with E-state index in [1.807, 2.05) is 0 Å². The lowest BCUT2D eigenvalue weighted by Gasteiger charge is -2.22. The van der Waals surface area contributed by atoms with Gasteiger partial charge < -0.3 is 10.3 Å². The fraction of sp³-hybridized carbons (Fsp3) is 0.500. The topological polar surface area (TPSA) is 96.1 Å². The van der Waals surface area contributed by atoms with Gasteiger partial charge in [0.2, 0.25) is 0 Å². The van der Waals surface area contributed by atoms with E-state index in [0.29, 0.717) is 24.3 Å². The third-order valence-electron chi connectivity index (χ3n) is 2.91. The number of aromatic amines is 1. The van der Waals surface area contributed by atoms with Crippen LogP contribution in [0.3, 0.4) is 0 Å². The molecule has 9 heteroatoms. The molecule has 1 aromatic rings. The first-order valence-corrected chi connectivity index (χ1v) is 9.45. The summed E-state index contributed by atoms with van der Waals surface area (Å²) in [5.41, 5.74) is 0.144. The van der Waals surface area contributed by atoms with Crippen LogP contribution in [0, 0.1) is 0 Å². The van der Waals surface area contributed by atoms with E-state index >= 15 is 0 Å². The highest BCUT2D eigenvalue weighted by molar-refractivity contribution is 8.13. The first kappa shape index (κ1) is 14.5. The number of carbonyl (C=O) groups excluding carboxylic acids is 1. The molecule has 2 N–H and O–H groups in total. The van der Waals surface area contributed by atoms with E-state index < -0.39 is 19.9 Å². The Hall–Kier alpha value is -0.860. The molecule has 2 rings (SSSR count). The van der Waals surface area contributed by atoms with Gasteiger partial charge in [0.25, 0.3) is 15.0 Å². The SMILES string of the molecule is O=C(NC1CCS(=O)CC1)c1cc(S(=O)(=O)Cl)c[nH]1. The number of H-pyrrole nitrogens is 1. The van der Waals surface area contributed by atoms with E-state index in [0.717, 1.165) is 0 Å². The van der Waals surface area contributed by atoms with Crippen LogP contribution in [0.25, 0.3) is 0 Å². The monoisotopic (exact) mass is 324 g/mol. The average Bonchev–Trinajstić information content (AvgIpc) is 2.81. The van der Waals surface area contributed by atoms with E-state index in [1.165, 1.54) is 12.3 Å². The first-order valence-electron chi connectivity index (χ1n) is 5.65. The summed E-state index contributed by atoms with van der Waals surface area (Å²) in [6, 6.07) is 1.17. The lowest BCUT2D eigenvalue weighted by atomic mass is 10.1. The van der Waals surface area contributed by atoms with E-state index in [9.17, 15) is 17.4 Å². The number of nitrogens with one attached hydrogen (secondary N) is 2. The van der Waals surface area contributed by atoms with Crippen LogP contribution in [-0.2, 0) is 19.9 Å². The molecule has 2 heterocycles. The quantitative estimate of drug-likeness (QED) is 0.795. The Morgan fingerprint density at radius 2 is 2.05 bits per heavy atom. The van der Waals surface area contributed by atoms with Crippen molar-refractivity contribution in [3.63, 3.8) is 0 Å². The Kier molecular flexibility index (Phi) is 4.32. The standard InChI is InChI=1S/C10H13ClN2O4S2/c11-19(16,17)8-5-9(12-6-8)10(14)13-7-1-3-18(15)4-2-7/h5-7,12H,1-4H2,(H,13,14). The Morgan fingerprint density at radius 3 is 2.58 bits per heavy atom. The molecule has 0 aliphatic carbocycles. The van der Waals surface area contributed by atoms with Gasteiger partial charge in [0.15, 0.2) is 0 Å². The lowest BCUT2D eigenvalue weighted by molar-refractivity contribution is 0.0930. The van der Waals surface area contributed by atoms with Crippen molar-refractivity contribution in [2.75, 3.05) is 11.5 Å². The molecule has 0 radical (unpaired) electrons. The van der Waals surface area contributed by atoms with Gasteiger partial charge in [0.05, 0.1) is 0 Å². The molecule has 0 spiro atoms. The average molecular weight is 325 g/mol. The van der Waals surface area contributed by atoms with Crippen LogP contribution in [0.1, 0.15) is 23.3 Å². The van der Waals surface area contributed by atoms with Crippen molar-refractivity contribution in [2.24, 2.45) is 0 Å². The molecule has 1 fully saturated rings. The highest BCUT2D eigenvalue weighted by Gasteiger charge is 2.21. The molecule has 6 nitrogen and oxygen atoms in total. The number of halogens is 1. The molecule has 1 saturated heterocycles. The fourth-order valence-corrected chi connectivity index (χ4v) is 3.87. The summed E-state index contributed by atoms with van der Waals surface area (Å²) in [5.74, 6) is 0.776. The predicted molar refractivity (Wildman–Crippen MR) is 72.2 cm³/mol. The summed E-state index contributed by atoms with van der Waals surface area (Å²) in [6.07, 6.45) is 2.51. The maximum Gasteiger partial charge on any atom is 0.267 e. The van der Waals surface area contributed by atoms with Crippen molar-refractivity contribution >= 4 is 36.4 Å². The van der Waals surface area contributed by atoms with Gasteiger partial charge >= 0.3 is 0 Å². The number of hydrogen-bond acceptors (Lipinski definition) is 4. The van der Waals surface area contributed by atoms with Gasteiger partial charge in [0, 0.05) is 45.2 Å². The Balaban J connectivity index is 2.00. The minimum Gasteiger partial charge on any atom is -0.356 e. The summed E-state index contributed by atoms with van der Waals surface area (Å²) in [6.45, 7) is 0. The van der Waals surface area contributed by atoms with Crippen LogP contribution in [0.4, 0.5) is 0 Å². The van der Waals surface area contributed by atoms with Gasteiger partial charge in [-0.2, -0.15) is 0 Å². The summed E-state index contributed by atoms with van der Waals surface area (Å²) in [7, 11) is 0.552. The summed E-state index contributed by atoms with van der Waals surface area (Å²) < 4.78 is 33.3. The van der Waals surface area contributed by atoms with Crippen LogP contribution in [0.2, 0.25) is 0 Å². The van der Waals surface area contributed by atoms with Gasteiger partial charge in [-0.05, 0) is 18.9 Å². The maximum atomic E-state index is 11.9. The number of carbonyl (C=O) groups is 1. The Labute approximate surface area is 117 Å². The largest absolute Gasteiger partial charge is 0.356 e. The molecular formula is C10H13ClN2O4S2. The molecular weight excluding hydrogens is 312 g/mol. The third-order valence-corrected chi connectivity index (χ3v) is 5.62. The molecule has 1 aliphatic heterocycles. The van der Waals surface area contributed by atoms with Crippen LogP contribution >= 0.6 is 10.7 Å². The minimum atomic E-state index is -3.84. The second kappa shape index (κ2) is 5.64. The fourth-order valence-electron chi connectivity index (χ4n) is 1.85. The number of rotatable bonds is 3. The van der Waals surface area contributed by atoms with E-state index in [1.54, 1.807) is 0 Å². The molecule has 1 aliphatic rings. The summed E-state index contributed by atoms with van der Waals surface area (Å²) in [4.78, 5) is 14.3. The third kappa shape index (κ3) is 3.80. The normalized spacial score (nSPS) is 24.1. The molecule has 0 unspecified atom stereocenters. The second-order valence-electron chi connectivity index (χ2n) is 4.28.